The van der Waals surface area contributed by atoms with Crippen LogP contribution in [0.3, 0.4) is 0 Å². The van der Waals surface area contributed by atoms with E-state index in [9.17, 15) is 19.2 Å². The zero-order valence-electron chi connectivity index (χ0n) is 13.5. The van der Waals surface area contributed by atoms with Crippen LogP contribution in [-0.2, 0) is 14.4 Å². The molecule has 0 aromatic carbocycles. The molecule has 3 N–H and O–H groups in total. The number of amides is 4. The van der Waals surface area contributed by atoms with Gasteiger partial charge in [-0.05, 0) is 40.9 Å². The fourth-order valence-corrected chi connectivity index (χ4v) is 2.59. The maximum absolute atomic E-state index is 11.8. The van der Waals surface area contributed by atoms with Crippen LogP contribution in [-0.4, -0.2) is 48.2 Å². The minimum Gasteiger partial charge on any atom is -0.444 e. The van der Waals surface area contributed by atoms with Crippen molar-refractivity contribution in [3.8, 4) is 0 Å². The third kappa shape index (κ3) is 6.22. The van der Waals surface area contributed by atoms with Crippen LogP contribution in [0.25, 0.3) is 0 Å². The van der Waals surface area contributed by atoms with Crippen molar-refractivity contribution in [2.75, 3.05) is 19.6 Å². The van der Waals surface area contributed by atoms with Crippen molar-refractivity contribution in [2.45, 2.75) is 25.7 Å². The summed E-state index contributed by atoms with van der Waals surface area (Å²) < 4.78 is 5.45. The van der Waals surface area contributed by atoms with Crippen LogP contribution < -0.4 is 16.2 Å². The first-order chi connectivity index (χ1) is 12.0. The molecule has 25 heavy (non-hydrogen) atoms. The summed E-state index contributed by atoms with van der Waals surface area (Å²) in [6.45, 7) is 0.0982. The van der Waals surface area contributed by atoms with Gasteiger partial charge < -0.3 is 14.6 Å². The number of hydrogen-bond acceptors (Lipinski definition) is 5. The first kappa shape index (κ1) is 19.0. The lowest BCUT2D eigenvalue weighted by atomic mass is 10.2. The Hall–Kier alpha value is -2.36. The van der Waals surface area contributed by atoms with Gasteiger partial charge >= 0.3 is 0 Å². The summed E-state index contributed by atoms with van der Waals surface area (Å²) in [4.78, 5) is 48.4. The Balaban J connectivity index is 1.67. The molecule has 9 nitrogen and oxygen atoms in total. The molecule has 0 bridgehead atoms. The lowest BCUT2D eigenvalue weighted by Crippen LogP contribution is -2.50. The molecule has 1 aliphatic heterocycles. The molecule has 2 rings (SSSR count). The third-order valence-corrected chi connectivity index (χ3v) is 3.98. The number of carbonyl (C=O) groups is 4. The van der Waals surface area contributed by atoms with Gasteiger partial charge in [-0.2, -0.15) is 0 Å². The van der Waals surface area contributed by atoms with Crippen molar-refractivity contribution in [1.82, 2.24) is 21.1 Å². The lowest BCUT2D eigenvalue weighted by Gasteiger charge is -2.19. The number of rotatable bonds is 5. The smallest absolute Gasteiger partial charge is 0.287 e. The fourth-order valence-electron chi connectivity index (χ4n) is 2.29. The number of hydrazine groups is 1. The Morgan fingerprint density at radius 1 is 1.12 bits per heavy atom. The van der Waals surface area contributed by atoms with Gasteiger partial charge in [-0.25, -0.2) is 0 Å². The summed E-state index contributed by atoms with van der Waals surface area (Å²) in [5.41, 5.74) is 4.41. The Bertz CT molecular complexity index is 660. The largest absolute Gasteiger partial charge is 0.444 e. The number of nitrogens with one attached hydrogen (secondary N) is 3. The molecule has 0 saturated carbocycles. The number of carbonyl (C=O) groups excluding carboxylic acids is 4. The van der Waals surface area contributed by atoms with E-state index < -0.39 is 17.7 Å². The van der Waals surface area contributed by atoms with Crippen molar-refractivity contribution in [3.05, 3.63) is 22.6 Å². The zero-order chi connectivity index (χ0) is 18.2. The van der Waals surface area contributed by atoms with Gasteiger partial charge in [0, 0.05) is 13.0 Å². The minimum absolute atomic E-state index is 0.0587. The fraction of sp³-hybridized carbons (Fsp3) is 0.467. The summed E-state index contributed by atoms with van der Waals surface area (Å²) in [7, 11) is 0. The van der Waals surface area contributed by atoms with E-state index in [1.54, 1.807) is 6.07 Å². The Kier molecular flexibility index (Phi) is 6.99. The van der Waals surface area contributed by atoms with Gasteiger partial charge in [0.15, 0.2) is 10.4 Å². The highest BCUT2D eigenvalue weighted by atomic mass is 79.9. The molecule has 1 aromatic rings. The van der Waals surface area contributed by atoms with Crippen molar-refractivity contribution < 1.29 is 23.6 Å². The van der Waals surface area contributed by atoms with Gasteiger partial charge in [0.2, 0.25) is 5.91 Å². The second-order valence-corrected chi connectivity index (χ2v) is 6.29. The van der Waals surface area contributed by atoms with Gasteiger partial charge in [-0.3, -0.25) is 30.0 Å². The first-order valence-corrected chi connectivity index (χ1v) is 8.64. The number of nitrogens with zero attached hydrogens (tertiary/aromatic N) is 1. The molecule has 0 unspecified atom stereocenters. The van der Waals surface area contributed by atoms with E-state index in [1.165, 1.54) is 11.0 Å². The van der Waals surface area contributed by atoms with Crippen molar-refractivity contribution in [3.63, 3.8) is 0 Å². The van der Waals surface area contributed by atoms with Crippen molar-refractivity contribution in [2.24, 2.45) is 0 Å². The maximum atomic E-state index is 11.8. The molecule has 0 atom stereocenters. The quantitative estimate of drug-likeness (QED) is 0.599. The van der Waals surface area contributed by atoms with Crippen LogP contribution in [0.5, 0.6) is 0 Å². The topological polar surface area (TPSA) is 121 Å². The van der Waals surface area contributed by atoms with Gasteiger partial charge in [0.1, 0.15) is 6.54 Å². The standard InChI is InChI=1S/C15H19BrN4O5/c16-11-6-5-10(25-11)15(24)17-8-12(21)18-19-13(22)9-20-7-3-1-2-4-14(20)23/h5-6H,1-4,7-9H2,(H,17,24)(H,18,21)(H,19,22). The normalized spacial score (nSPS) is 14.6. The molecule has 0 aliphatic carbocycles. The minimum atomic E-state index is -0.602. The van der Waals surface area contributed by atoms with E-state index in [-0.39, 0.29) is 24.8 Å². The van der Waals surface area contributed by atoms with E-state index >= 15 is 0 Å². The summed E-state index contributed by atoms with van der Waals surface area (Å²) in [6.07, 6.45) is 3.10. The molecular weight excluding hydrogens is 396 g/mol. The Morgan fingerprint density at radius 2 is 1.88 bits per heavy atom. The SMILES string of the molecule is O=C(CNC(=O)c1ccc(Br)o1)NNC(=O)CN1CCCCCC1=O. The average Bonchev–Trinajstić information content (AvgIpc) is 2.92. The lowest BCUT2D eigenvalue weighted by molar-refractivity contribution is -0.136. The van der Waals surface area contributed by atoms with Crippen LogP contribution in [0.15, 0.2) is 21.2 Å². The number of furan rings is 1. The Labute approximate surface area is 152 Å². The van der Waals surface area contributed by atoms with Gasteiger partial charge in [-0.1, -0.05) is 6.42 Å². The van der Waals surface area contributed by atoms with E-state index in [1.807, 2.05) is 0 Å². The molecular formula is C15H19BrN4O5. The number of hydrogen-bond donors (Lipinski definition) is 3. The predicted molar refractivity (Wildman–Crippen MR) is 90.1 cm³/mol. The highest BCUT2D eigenvalue weighted by Crippen LogP contribution is 2.13. The molecule has 136 valence electrons. The second kappa shape index (κ2) is 9.21. The summed E-state index contributed by atoms with van der Waals surface area (Å²) >= 11 is 3.07. The van der Waals surface area contributed by atoms with Crippen LogP contribution in [0.4, 0.5) is 0 Å². The summed E-state index contributed by atoms with van der Waals surface area (Å²) in [5, 5.41) is 2.35. The molecule has 10 heteroatoms. The predicted octanol–water partition coefficient (Wildman–Crippen LogP) is 0.322. The highest BCUT2D eigenvalue weighted by Gasteiger charge is 2.19. The number of likely N-dealkylation sites (tertiary alicyclic amines) is 1. The molecule has 0 spiro atoms. The zero-order valence-corrected chi connectivity index (χ0v) is 15.1. The van der Waals surface area contributed by atoms with Crippen LogP contribution in [0.1, 0.15) is 36.2 Å². The van der Waals surface area contributed by atoms with E-state index in [4.69, 9.17) is 4.42 Å². The molecule has 0 radical (unpaired) electrons. The molecule has 1 fully saturated rings. The Morgan fingerprint density at radius 3 is 2.60 bits per heavy atom. The molecule has 4 amide bonds. The first-order valence-electron chi connectivity index (χ1n) is 7.84. The molecule has 2 heterocycles. The molecule has 1 saturated heterocycles. The monoisotopic (exact) mass is 414 g/mol. The van der Waals surface area contributed by atoms with Crippen molar-refractivity contribution >= 4 is 39.6 Å². The van der Waals surface area contributed by atoms with E-state index in [0.717, 1.165) is 19.3 Å². The third-order valence-electron chi connectivity index (χ3n) is 3.55. The molecule has 1 aliphatic rings. The van der Waals surface area contributed by atoms with Crippen molar-refractivity contribution in [1.29, 1.82) is 0 Å². The number of halogens is 1. The van der Waals surface area contributed by atoms with Crippen LogP contribution in [0.2, 0.25) is 0 Å². The maximum Gasteiger partial charge on any atom is 0.287 e. The van der Waals surface area contributed by atoms with Crippen LogP contribution >= 0.6 is 15.9 Å². The van der Waals surface area contributed by atoms with Gasteiger partial charge in [-0.15, -0.1) is 0 Å². The van der Waals surface area contributed by atoms with E-state index in [0.29, 0.717) is 17.6 Å². The van der Waals surface area contributed by atoms with Gasteiger partial charge in [0.05, 0.1) is 6.54 Å². The van der Waals surface area contributed by atoms with Crippen LogP contribution in [0, 0.1) is 0 Å². The summed E-state index contributed by atoms with van der Waals surface area (Å²) in [6, 6.07) is 3.01. The molecule has 1 aromatic heterocycles. The highest BCUT2D eigenvalue weighted by molar-refractivity contribution is 9.10. The average molecular weight is 415 g/mol. The van der Waals surface area contributed by atoms with E-state index in [2.05, 4.69) is 32.1 Å². The second-order valence-electron chi connectivity index (χ2n) is 5.51. The summed E-state index contributed by atoms with van der Waals surface area (Å²) in [5.74, 6) is -1.65. The van der Waals surface area contributed by atoms with Gasteiger partial charge in [0.25, 0.3) is 17.7 Å².